The number of aromatic nitrogens is 1. The molecule has 29 heavy (non-hydrogen) atoms. The molecule has 7 heteroatoms. The molecule has 0 saturated carbocycles. The number of thioether (sulfide) groups is 1. The first-order valence-corrected chi connectivity index (χ1v) is 10.5. The van der Waals surface area contributed by atoms with Gasteiger partial charge in [-0.15, -0.1) is 11.8 Å². The highest BCUT2D eigenvalue weighted by atomic mass is 32.2. The maximum Gasteiger partial charge on any atom is 0.321 e. The zero-order valence-electron chi connectivity index (χ0n) is 16.1. The number of carboxylic acids is 1. The van der Waals surface area contributed by atoms with Crippen molar-refractivity contribution < 1.29 is 19.1 Å². The lowest BCUT2D eigenvalue weighted by atomic mass is 10.2. The van der Waals surface area contributed by atoms with Crippen LogP contribution in [0, 0.1) is 6.92 Å². The molecule has 1 N–H and O–H groups in total. The van der Waals surface area contributed by atoms with Gasteiger partial charge in [-0.3, -0.25) is 9.69 Å². The van der Waals surface area contributed by atoms with E-state index in [4.69, 9.17) is 9.15 Å². The smallest absolute Gasteiger partial charge is 0.321 e. The highest BCUT2D eigenvalue weighted by Gasteiger charge is 2.30. The van der Waals surface area contributed by atoms with Crippen LogP contribution in [0.25, 0.3) is 11.5 Å². The zero-order chi connectivity index (χ0) is 20.2. The van der Waals surface area contributed by atoms with Crippen LogP contribution < -0.4 is 4.74 Å². The molecule has 1 aromatic heterocycles. The van der Waals surface area contributed by atoms with Crippen molar-refractivity contribution in [3.05, 3.63) is 71.6 Å². The quantitative estimate of drug-likeness (QED) is 0.626. The molecule has 1 aliphatic heterocycles. The third-order valence-corrected chi connectivity index (χ3v) is 5.90. The van der Waals surface area contributed by atoms with Gasteiger partial charge in [-0.05, 0) is 36.8 Å². The summed E-state index contributed by atoms with van der Waals surface area (Å²) in [5.41, 5.74) is 2.72. The van der Waals surface area contributed by atoms with E-state index in [0.717, 1.165) is 34.2 Å². The van der Waals surface area contributed by atoms with E-state index < -0.39 is 12.0 Å². The lowest BCUT2D eigenvalue weighted by Crippen LogP contribution is -2.37. The normalized spacial score (nSPS) is 16.8. The Hall–Kier alpha value is -2.77. The van der Waals surface area contributed by atoms with Crippen molar-refractivity contribution in [3.63, 3.8) is 0 Å². The van der Waals surface area contributed by atoms with Gasteiger partial charge in [-0.25, -0.2) is 4.98 Å². The monoisotopic (exact) mass is 410 g/mol. The third kappa shape index (κ3) is 4.63. The molecule has 0 aliphatic carbocycles. The lowest BCUT2D eigenvalue weighted by molar-refractivity contribution is -0.141. The second kappa shape index (κ2) is 8.71. The number of aliphatic carboxylic acids is 1. The minimum atomic E-state index is -0.766. The fourth-order valence-corrected chi connectivity index (χ4v) is 4.43. The third-order valence-electron chi connectivity index (χ3n) is 4.83. The molecule has 1 saturated heterocycles. The van der Waals surface area contributed by atoms with Gasteiger partial charge in [0.25, 0.3) is 0 Å². The Bertz CT molecular complexity index is 989. The molecule has 1 aliphatic rings. The largest absolute Gasteiger partial charge is 0.487 e. The van der Waals surface area contributed by atoms with E-state index in [1.807, 2.05) is 66.4 Å². The molecule has 6 nitrogen and oxygen atoms in total. The molecule has 150 valence electrons. The summed E-state index contributed by atoms with van der Waals surface area (Å²) in [5.74, 6) is 2.63. The van der Waals surface area contributed by atoms with Gasteiger partial charge < -0.3 is 14.3 Å². The van der Waals surface area contributed by atoms with Crippen molar-refractivity contribution in [2.24, 2.45) is 0 Å². The maximum atomic E-state index is 11.4. The molecule has 1 fully saturated rings. The van der Waals surface area contributed by atoms with Gasteiger partial charge in [0.15, 0.2) is 0 Å². The van der Waals surface area contributed by atoms with E-state index in [2.05, 4.69) is 4.98 Å². The Morgan fingerprint density at radius 2 is 2.10 bits per heavy atom. The van der Waals surface area contributed by atoms with E-state index in [-0.39, 0.29) is 0 Å². The van der Waals surface area contributed by atoms with Crippen molar-refractivity contribution in [1.29, 1.82) is 0 Å². The van der Waals surface area contributed by atoms with Crippen molar-refractivity contribution in [2.75, 3.05) is 11.6 Å². The summed E-state index contributed by atoms with van der Waals surface area (Å²) in [7, 11) is 0. The van der Waals surface area contributed by atoms with E-state index >= 15 is 0 Å². The summed E-state index contributed by atoms with van der Waals surface area (Å²) < 4.78 is 11.7. The topological polar surface area (TPSA) is 75.8 Å². The van der Waals surface area contributed by atoms with Crippen molar-refractivity contribution >= 4 is 17.7 Å². The highest BCUT2D eigenvalue weighted by molar-refractivity contribution is 7.99. The van der Waals surface area contributed by atoms with Crippen LogP contribution in [-0.2, 0) is 17.9 Å². The van der Waals surface area contributed by atoms with Crippen LogP contribution in [0.4, 0.5) is 0 Å². The van der Waals surface area contributed by atoms with Crippen LogP contribution in [0.2, 0.25) is 0 Å². The number of hydrogen-bond donors (Lipinski definition) is 1. The Labute approximate surface area is 173 Å². The molecule has 0 bridgehead atoms. The molecule has 4 rings (SSSR count). The molecule has 1 unspecified atom stereocenters. The standard InChI is InChI=1S/C22H22N2O4S/c1-15-19(23-21(28-15)17-7-3-2-4-8-17)12-27-18-9-5-6-16(10-18)11-24-14-29-13-20(24)22(25)26/h2-10,20H,11-14H2,1H3,(H,25,26). The Kier molecular flexibility index (Phi) is 5.87. The van der Waals surface area contributed by atoms with Crippen LogP contribution in [0.5, 0.6) is 5.75 Å². The average Bonchev–Trinajstić information content (AvgIpc) is 3.34. The first-order chi connectivity index (χ1) is 14.1. The van der Waals surface area contributed by atoms with Gasteiger partial charge >= 0.3 is 5.97 Å². The summed E-state index contributed by atoms with van der Waals surface area (Å²) >= 11 is 1.65. The van der Waals surface area contributed by atoms with E-state index in [1.165, 1.54) is 0 Å². The first-order valence-electron chi connectivity index (χ1n) is 9.38. The second-order valence-corrected chi connectivity index (χ2v) is 7.92. The van der Waals surface area contributed by atoms with Crippen LogP contribution in [-0.4, -0.2) is 38.6 Å². The molecular formula is C22H22N2O4S. The molecular weight excluding hydrogens is 388 g/mol. The fraction of sp³-hybridized carbons (Fsp3) is 0.273. The minimum Gasteiger partial charge on any atom is -0.487 e. The number of hydrogen-bond acceptors (Lipinski definition) is 6. The van der Waals surface area contributed by atoms with Gasteiger partial charge in [-0.1, -0.05) is 30.3 Å². The molecule has 2 aromatic carbocycles. The van der Waals surface area contributed by atoms with E-state index in [9.17, 15) is 9.90 Å². The molecule has 3 aromatic rings. The molecule has 2 heterocycles. The molecule has 0 amide bonds. The predicted molar refractivity (Wildman–Crippen MR) is 112 cm³/mol. The number of rotatable bonds is 7. The molecule has 0 radical (unpaired) electrons. The SMILES string of the molecule is Cc1oc(-c2ccccc2)nc1COc1cccc(CN2CSCC2C(=O)O)c1. The number of nitrogens with zero attached hydrogens (tertiary/aromatic N) is 2. The highest BCUT2D eigenvalue weighted by Crippen LogP contribution is 2.26. The first kappa shape index (κ1) is 19.5. The zero-order valence-corrected chi connectivity index (χ0v) is 16.9. The Morgan fingerprint density at radius 1 is 1.28 bits per heavy atom. The van der Waals surface area contributed by atoms with Crippen LogP contribution in [0.15, 0.2) is 59.0 Å². The minimum absolute atomic E-state index is 0.308. The number of carboxylic acid groups (broad SMARTS) is 1. The van der Waals surface area contributed by atoms with Crippen LogP contribution in [0.3, 0.4) is 0 Å². The summed E-state index contributed by atoms with van der Waals surface area (Å²) in [5, 5.41) is 9.34. The van der Waals surface area contributed by atoms with Crippen molar-refractivity contribution in [1.82, 2.24) is 9.88 Å². The van der Waals surface area contributed by atoms with Crippen molar-refractivity contribution in [2.45, 2.75) is 26.1 Å². The summed E-state index contributed by atoms with van der Waals surface area (Å²) in [4.78, 5) is 17.9. The number of carbonyl (C=O) groups is 1. The Morgan fingerprint density at radius 3 is 2.90 bits per heavy atom. The molecule has 0 spiro atoms. The summed E-state index contributed by atoms with van der Waals surface area (Å²) in [6, 6.07) is 17.1. The number of benzene rings is 2. The average molecular weight is 410 g/mol. The van der Waals surface area contributed by atoms with Gasteiger partial charge in [0.1, 0.15) is 29.9 Å². The maximum absolute atomic E-state index is 11.4. The van der Waals surface area contributed by atoms with Crippen LogP contribution in [0.1, 0.15) is 17.0 Å². The summed E-state index contributed by atoms with van der Waals surface area (Å²) in [6.07, 6.45) is 0. The molecule has 1 atom stereocenters. The van der Waals surface area contributed by atoms with Gasteiger partial charge in [0.05, 0.1) is 0 Å². The number of ether oxygens (including phenoxy) is 1. The van der Waals surface area contributed by atoms with Crippen molar-refractivity contribution in [3.8, 4) is 17.2 Å². The predicted octanol–water partition coefficient (Wildman–Crippen LogP) is 4.19. The van der Waals surface area contributed by atoms with E-state index in [0.29, 0.717) is 24.8 Å². The summed E-state index contributed by atoms with van der Waals surface area (Å²) in [6.45, 7) is 2.77. The Balaban J connectivity index is 1.41. The van der Waals surface area contributed by atoms with Gasteiger partial charge in [0.2, 0.25) is 5.89 Å². The van der Waals surface area contributed by atoms with E-state index in [1.54, 1.807) is 11.8 Å². The van der Waals surface area contributed by atoms with Gasteiger partial charge in [0, 0.05) is 23.7 Å². The van der Waals surface area contributed by atoms with Crippen LogP contribution >= 0.6 is 11.8 Å². The van der Waals surface area contributed by atoms with Gasteiger partial charge in [-0.2, -0.15) is 0 Å². The number of aryl methyl sites for hydroxylation is 1. The second-order valence-electron chi connectivity index (χ2n) is 6.92. The number of oxazole rings is 1. The fourth-order valence-electron chi connectivity index (χ4n) is 3.25. The lowest BCUT2D eigenvalue weighted by Gasteiger charge is -2.20.